The number of hydrogen-bond donors (Lipinski definition) is 0. The van der Waals surface area contributed by atoms with Crippen molar-refractivity contribution in [3.8, 4) is 0 Å². The van der Waals surface area contributed by atoms with Gasteiger partial charge in [-0.15, -0.1) is 0 Å². The van der Waals surface area contributed by atoms with E-state index in [0.717, 1.165) is 25.0 Å². The second kappa shape index (κ2) is 2.91. The summed E-state index contributed by atoms with van der Waals surface area (Å²) in [5.74, 6) is 1.97. The van der Waals surface area contributed by atoms with Gasteiger partial charge in [0.05, 0.1) is 13.2 Å². The third-order valence-corrected chi connectivity index (χ3v) is 2.98. The molecule has 1 saturated carbocycles. The first-order chi connectivity index (χ1) is 4.97. The minimum absolute atomic E-state index is 0.945. The van der Waals surface area contributed by atoms with Crippen LogP contribution in [0.25, 0.3) is 0 Å². The maximum absolute atomic E-state index is 5.19. The van der Waals surface area contributed by atoms with Gasteiger partial charge in [0, 0.05) is 5.92 Å². The summed E-state index contributed by atoms with van der Waals surface area (Å²) in [6.45, 7) is 2.12. The molecule has 0 aromatic carbocycles. The Kier molecular flexibility index (Phi) is 1.94. The molecule has 1 heterocycles. The number of ether oxygens (including phenoxy) is 1. The van der Waals surface area contributed by atoms with Gasteiger partial charge in [-0.1, -0.05) is 32.1 Å². The molecule has 0 bridgehead atoms. The van der Waals surface area contributed by atoms with E-state index in [1.165, 1.54) is 32.1 Å². The van der Waals surface area contributed by atoms with E-state index >= 15 is 0 Å². The fourth-order valence-corrected chi connectivity index (χ4v) is 2.13. The van der Waals surface area contributed by atoms with Gasteiger partial charge in [-0.3, -0.25) is 0 Å². The van der Waals surface area contributed by atoms with E-state index in [-0.39, 0.29) is 0 Å². The first-order valence-electron chi connectivity index (χ1n) is 4.54. The highest BCUT2D eigenvalue weighted by Crippen LogP contribution is 2.33. The molecular formula is C9H16O. The lowest BCUT2D eigenvalue weighted by atomic mass is 9.79. The van der Waals surface area contributed by atoms with Crippen LogP contribution in [-0.2, 0) is 4.74 Å². The third kappa shape index (κ3) is 1.20. The van der Waals surface area contributed by atoms with E-state index in [0.29, 0.717) is 0 Å². The van der Waals surface area contributed by atoms with Crippen LogP contribution in [0.1, 0.15) is 32.1 Å². The zero-order chi connectivity index (χ0) is 6.81. The van der Waals surface area contributed by atoms with E-state index in [2.05, 4.69) is 0 Å². The predicted molar refractivity (Wildman–Crippen MR) is 40.9 cm³/mol. The lowest BCUT2D eigenvalue weighted by Gasteiger charge is -2.35. The average Bonchev–Trinajstić information content (AvgIpc) is 1.86. The van der Waals surface area contributed by atoms with E-state index in [4.69, 9.17) is 4.74 Å². The van der Waals surface area contributed by atoms with Gasteiger partial charge in [-0.2, -0.15) is 0 Å². The second-order valence-corrected chi connectivity index (χ2v) is 3.70. The Morgan fingerprint density at radius 2 is 1.50 bits per heavy atom. The van der Waals surface area contributed by atoms with Gasteiger partial charge >= 0.3 is 0 Å². The molecule has 2 fully saturated rings. The quantitative estimate of drug-likeness (QED) is 0.542. The predicted octanol–water partition coefficient (Wildman–Crippen LogP) is 2.21. The Hall–Kier alpha value is -0.0400. The topological polar surface area (TPSA) is 9.23 Å². The molecule has 2 aliphatic rings. The van der Waals surface area contributed by atoms with E-state index in [1.807, 2.05) is 0 Å². The maximum atomic E-state index is 5.19. The Morgan fingerprint density at radius 3 is 2.00 bits per heavy atom. The van der Waals surface area contributed by atoms with Crippen LogP contribution >= 0.6 is 0 Å². The molecule has 0 radical (unpaired) electrons. The summed E-state index contributed by atoms with van der Waals surface area (Å²) in [7, 11) is 0. The molecule has 0 N–H and O–H groups in total. The highest BCUT2D eigenvalue weighted by Gasteiger charge is 2.28. The molecular weight excluding hydrogens is 124 g/mol. The third-order valence-electron chi connectivity index (χ3n) is 2.98. The second-order valence-electron chi connectivity index (χ2n) is 3.70. The molecule has 58 valence electrons. The van der Waals surface area contributed by atoms with Gasteiger partial charge in [0.2, 0.25) is 0 Å². The minimum Gasteiger partial charge on any atom is -0.381 e. The molecule has 2 rings (SSSR count). The van der Waals surface area contributed by atoms with Crippen LogP contribution in [0.3, 0.4) is 0 Å². The van der Waals surface area contributed by atoms with Gasteiger partial charge in [0.1, 0.15) is 0 Å². The molecule has 0 atom stereocenters. The summed E-state index contributed by atoms with van der Waals surface area (Å²) in [5, 5.41) is 0. The Morgan fingerprint density at radius 1 is 0.800 bits per heavy atom. The van der Waals surface area contributed by atoms with Crippen LogP contribution in [0.5, 0.6) is 0 Å². The first kappa shape index (κ1) is 6.66. The van der Waals surface area contributed by atoms with Gasteiger partial charge in [0.25, 0.3) is 0 Å². The van der Waals surface area contributed by atoms with Gasteiger partial charge in [0.15, 0.2) is 0 Å². The van der Waals surface area contributed by atoms with Crippen molar-refractivity contribution in [2.24, 2.45) is 11.8 Å². The van der Waals surface area contributed by atoms with Crippen molar-refractivity contribution in [1.82, 2.24) is 0 Å². The molecule has 10 heavy (non-hydrogen) atoms. The molecule has 1 aliphatic heterocycles. The summed E-state index contributed by atoms with van der Waals surface area (Å²) in [6, 6.07) is 0. The number of rotatable bonds is 1. The van der Waals surface area contributed by atoms with Crippen LogP contribution in [0, 0.1) is 11.8 Å². The summed E-state index contributed by atoms with van der Waals surface area (Å²) in [6.07, 6.45) is 7.38. The molecule has 1 heteroatoms. The van der Waals surface area contributed by atoms with Crippen LogP contribution < -0.4 is 0 Å². The molecule has 0 spiro atoms. The fourth-order valence-electron chi connectivity index (χ4n) is 2.13. The maximum Gasteiger partial charge on any atom is 0.0519 e. The summed E-state index contributed by atoms with van der Waals surface area (Å²) in [4.78, 5) is 0. The molecule has 0 amide bonds. The molecule has 1 aliphatic carbocycles. The van der Waals surface area contributed by atoms with Crippen molar-refractivity contribution in [2.75, 3.05) is 13.2 Å². The first-order valence-corrected chi connectivity index (χ1v) is 4.54. The molecule has 0 aromatic rings. The largest absolute Gasteiger partial charge is 0.381 e. The normalized spacial score (nSPS) is 30.0. The molecule has 0 aromatic heterocycles. The molecule has 0 unspecified atom stereocenters. The Labute approximate surface area is 62.8 Å². The van der Waals surface area contributed by atoms with Crippen LogP contribution in [-0.4, -0.2) is 13.2 Å². The lowest BCUT2D eigenvalue weighted by molar-refractivity contribution is -0.0675. The van der Waals surface area contributed by atoms with Crippen LogP contribution in [0.15, 0.2) is 0 Å². The standard InChI is InChI=1S/C9H16O/c1-2-4-8(5-3-1)9-6-10-7-9/h8-9H,1-7H2. The van der Waals surface area contributed by atoms with Gasteiger partial charge in [-0.05, 0) is 5.92 Å². The van der Waals surface area contributed by atoms with Crippen molar-refractivity contribution in [2.45, 2.75) is 32.1 Å². The van der Waals surface area contributed by atoms with Crippen molar-refractivity contribution in [3.63, 3.8) is 0 Å². The SMILES string of the molecule is C1CCC(C2COC2)CC1. The van der Waals surface area contributed by atoms with Crippen molar-refractivity contribution < 1.29 is 4.74 Å². The minimum atomic E-state index is 0.945. The lowest BCUT2D eigenvalue weighted by Crippen LogP contribution is -2.35. The molecule has 1 nitrogen and oxygen atoms in total. The van der Waals surface area contributed by atoms with Gasteiger partial charge in [-0.25, -0.2) is 0 Å². The van der Waals surface area contributed by atoms with Crippen LogP contribution in [0.2, 0.25) is 0 Å². The summed E-state index contributed by atoms with van der Waals surface area (Å²) in [5.41, 5.74) is 0. The smallest absolute Gasteiger partial charge is 0.0519 e. The monoisotopic (exact) mass is 140 g/mol. The van der Waals surface area contributed by atoms with E-state index < -0.39 is 0 Å². The van der Waals surface area contributed by atoms with Gasteiger partial charge < -0.3 is 4.74 Å². The van der Waals surface area contributed by atoms with Crippen LogP contribution in [0.4, 0.5) is 0 Å². The van der Waals surface area contributed by atoms with Crippen molar-refractivity contribution in [3.05, 3.63) is 0 Å². The Bertz CT molecular complexity index is 101. The highest BCUT2D eigenvalue weighted by atomic mass is 16.5. The zero-order valence-corrected chi connectivity index (χ0v) is 6.51. The highest BCUT2D eigenvalue weighted by molar-refractivity contribution is 4.77. The summed E-state index contributed by atoms with van der Waals surface area (Å²) >= 11 is 0. The average molecular weight is 140 g/mol. The van der Waals surface area contributed by atoms with Crippen molar-refractivity contribution in [1.29, 1.82) is 0 Å². The summed E-state index contributed by atoms with van der Waals surface area (Å²) < 4.78 is 5.19. The van der Waals surface area contributed by atoms with Crippen molar-refractivity contribution >= 4 is 0 Å². The zero-order valence-electron chi connectivity index (χ0n) is 6.51. The van der Waals surface area contributed by atoms with E-state index in [9.17, 15) is 0 Å². The molecule has 1 saturated heterocycles. The van der Waals surface area contributed by atoms with E-state index in [1.54, 1.807) is 0 Å². The Balaban J connectivity index is 1.78. The fraction of sp³-hybridized carbons (Fsp3) is 1.00. The number of hydrogen-bond acceptors (Lipinski definition) is 1.